The molecule has 0 saturated carbocycles. The fraction of sp³-hybridized carbons (Fsp3) is 1.00. The Balaban J connectivity index is 4.23. The van der Waals surface area contributed by atoms with Gasteiger partial charge in [0.05, 0.1) is 6.61 Å². The Morgan fingerprint density at radius 3 is 2.23 bits per heavy atom. The Morgan fingerprint density at radius 2 is 1.92 bits per heavy atom. The Hall–Kier alpha value is -0.290. The zero-order valence-electron chi connectivity index (χ0n) is 8.11. The minimum Gasteiger partial charge on any atom is -0.384 e. The predicted molar refractivity (Wildman–Crippen MR) is 44.6 cm³/mol. The monoisotopic (exact) mass is 199 g/mol. The molecule has 0 rings (SSSR count). The zero-order valence-corrected chi connectivity index (χ0v) is 8.11. The van der Waals surface area contributed by atoms with Crippen molar-refractivity contribution in [1.82, 2.24) is 5.32 Å². The van der Waals surface area contributed by atoms with Gasteiger partial charge in [0.25, 0.3) is 0 Å². The number of nitrogens with one attached hydrogen (secondary N) is 1. The first kappa shape index (κ1) is 12.7. The number of alkyl halides is 3. The molecule has 2 atom stereocenters. The molecule has 0 aromatic carbocycles. The molecule has 2 nitrogen and oxygen atoms in total. The van der Waals surface area contributed by atoms with Crippen molar-refractivity contribution in [2.75, 3.05) is 20.3 Å². The maximum absolute atomic E-state index is 12.4. The van der Waals surface area contributed by atoms with Crippen LogP contribution in [0.4, 0.5) is 13.2 Å². The van der Waals surface area contributed by atoms with E-state index in [1.54, 1.807) is 6.92 Å². The molecule has 80 valence electrons. The van der Waals surface area contributed by atoms with Gasteiger partial charge in [-0.15, -0.1) is 0 Å². The van der Waals surface area contributed by atoms with Gasteiger partial charge in [0, 0.05) is 13.0 Å². The first-order chi connectivity index (χ1) is 5.93. The van der Waals surface area contributed by atoms with Gasteiger partial charge in [-0.25, -0.2) is 0 Å². The van der Waals surface area contributed by atoms with Gasteiger partial charge in [0.1, 0.15) is 6.04 Å². The van der Waals surface area contributed by atoms with Crippen molar-refractivity contribution in [3.8, 4) is 0 Å². The van der Waals surface area contributed by atoms with E-state index >= 15 is 0 Å². The van der Waals surface area contributed by atoms with Crippen LogP contribution in [0.5, 0.6) is 0 Å². The fourth-order valence-corrected chi connectivity index (χ4v) is 1.22. The summed E-state index contributed by atoms with van der Waals surface area (Å²) in [5.74, 6) is -0.565. The van der Waals surface area contributed by atoms with Gasteiger partial charge in [-0.2, -0.15) is 13.2 Å². The molecule has 0 heterocycles. The van der Waals surface area contributed by atoms with Crippen molar-refractivity contribution in [3.05, 3.63) is 0 Å². The van der Waals surface area contributed by atoms with E-state index in [4.69, 9.17) is 0 Å². The number of rotatable bonds is 5. The summed E-state index contributed by atoms with van der Waals surface area (Å²) in [6.07, 6.45) is -4.20. The van der Waals surface area contributed by atoms with E-state index < -0.39 is 18.1 Å². The van der Waals surface area contributed by atoms with Crippen LogP contribution in [0.25, 0.3) is 0 Å². The third kappa shape index (κ3) is 4.47. The van der Waals surface area contributed by atoms with Crippen LogP contribution in [0, 0.1) is 5.92 Å². The van der Waals surface area contributed by atoms with Crippen LogP contribution in [-0.2, 0) is 4.74 Å². The highest BCUT2D eigenvalue weighted by Gasteiger charge is 2.42. The smallest absolute Gasteiger partial charge is 0.384 e. The lowest BCUT2D eigenvalue weighted by Crippen LogP contribution is -2.48. The number of hydrogen-bond donors (Lipinski definition) is 1. The molecule has 1 N–H and O–H groups in total. The number of hydrogen-bond acceptors (Lipinski definition) is 2. The third-order valence-corrected chi connectivity index (χ3v) is 1.78. The van der Waals surface area contributed by atoms with Crippen LogP contribution >= 0.6 is 0 Å². The van der Waals surface area contributed by atoms with Crippen molar-refractivity contribution < 1.29 is 17.9 Å². The number of halogens is 3. The lowest BCUT2D eigenvalue weighted by atomic mass is 10.0. The van der Waals surface area contributed by atoms with Crippen LogP contribution in [0.15, 0.2) is 0 Å². The van der Waals surface area contributed by atoms with Crippen LogP contribution in [0.3, 0.4) is 0 Å². The van der Waals surface area contributed by atoms with Gasteiger partial charge in [0.2, 0.25) is 0 Å². The molecule has 0 saturated heterocycles. The Bertz CT molecular complexity index is 138. The Labute approximate surface area is 76.5 Å². The quantitative estimate of drug-likeness (QED) is 0.729. The second-order valence-corrected chi connectivity index (χ2v) is 3.01. The van der Waals surface area contributed by atoms with Crippen molar-refractivity contribution >= 4 is 0 Å². The summed E-state index contributed by atoms with van der Waals surface area (Å²) in [5.41, 5.74) is 0. The lowest BCUT2D eigenvalue weighted by Gasteiger charge is -2.26. The predicted octanol–water partition coefficient (Wildman–Crippen LogP) is 1.81. The summed E-state index contributed by atoms with van der Waals surface area (Å²) in [7, 11) is 1.40. The summed E-state index contributed by atoms with van der Waals surface area (Å²) < 4.78 is 41.8. The van der Waals surface area contributed by atoms with Gasteiger partial charge in [0.15, 0.2) is 0 Å². The van der Waals surface area contributed by atoms with Crippen LogP contribution in [0.1, 0.15) is 13.8 Å². The molecule has 13 heavy (non-hydrogen) atoms. The highest BCUT2D eigenvalue weighted by atomic mass is 19.4. The molecule has 5 heteroatoms. The summed E-state index contributed by atoms with van der Waals surface area (Å²) >= 11 is 0. The van der Waals surface area contributed by atoms with E-state index in [1.807, 2.05) is 0 Å². The summed E-state index contributed by atoms with van der Waals surface area (Å²) in [6, 6.07) is -1.47. The molecule has 0 aliphatic heterocycles. The van der Waals surface area contributed by atoms with Gasteiger partial charge in [-0.1, -0.05) is 13.8 Å². The topological polar surface area (TPSA) is 21.3 Å². The fourth-order valence-electron chi connectivity index (χ4n) is 1.22. The molecule has 0 bridgehead atoms. The van der Waals surface area contributed by atoms with E-state index in [9.17, 15) is 13.2 Å². The molecular formula is C8H16F3NO. The van der Waals surface area contributed by atoms with E-state index in [2.05, 4.69) is 10.1 Å². The molecule has 0 aromatic rings. The van der Waals surface area contributed by atoms with Crippen LogP contribution in [-0.4, -0.2) is 32.5 Å². The first-order valence-corrected chi connectivity index (χ1v) is 4.22. The molecule has 0 amide bonds. The summed E-state index contributed by atoms with van der Waals surface area (Å²) in [6.45, 7) is 3.58. The second kappa shape index (κ2) is 5.44. The van der Waals surface area contributed by atoms with E-state index in [0.717, 1.165) is 0 Å². The lowest BCUT2D eigenvalue weighted by molar-refractivity contribution is -0.169. The van der Waals surface area contributed by atoms with E-state index in [-0.39, 0.29) is 6.61 Å². The minimum absolute atomic E-state index is 0.108. The SMILES string of the molecule is CCNC(C(C)COC)C(F)(F)F. The van der Waals surface area contributed by atoms with Crippen LogP contribution < -0.4 is 5.32 Å². The van der Waals surface area contributed by atoms with E-state index in [1.165, 1.54) is 14.0 Å². The molecule has 0 spiro atoms. The van der Waals surface area contributed by atoms with Crippen molar-refractivity contribution in [1.29, 1.82) is 0 Å². The molecule has 0 fully saturated rings. The molecule has 0 aromatic heterocycles. The van der Waals surface area contributed by atoms with Gasteiger partial charge in [-0.3, -0.25) is 0 Å². The second-order valence-electron chi connectivity index (χ2n) is 3.01. The number of ether oxygens (including phenoxy) is 1. The maximum Gasteiger partial charge on any atom is 0.404 e. The standard InChI is InChI=1S/C8H16F3NO/c1-4-12-7(8(9,10)11)6(2)5-13-3/h6-7,12H,4-5H2,1-3H3. The van der Waals surface area contributed by atoms with E-state index in [0.29, 0.717) is 6.54 Å². The minimum atomic E-state index is -4.20. The first-order valence-electron chi connectivity index (χ1n) is 4.22. The molecule has 2 unspecified atom stereocenters. The Kier molecular flexibility index (Phi) is 5.32. The highest BCUT2D eigenvalue weighted by molar-refractivity contribution is 4.79. The zero-order chi connectivity index (χ0) is 10.5. The third-order valence-electron chi connectivity index (χ3n) is 1.78. The summed E-state index contributed by atoms with van der Waals surface area (Å²) in [5, 5.41) is 2.40. The summed E-state index contributed by atoms with van der Waals surface area (Å²) in [4.78, 5) is 0. The maximum atomic E-state index is 12.4. The van der Waals surface area contributed by atoms with Gasteiger partial charge < -0.3 is 10.1 Å². The van der Waals surface area contributed by atoms with Crippen LogP contribution in [0.2, 0.25) is 0 Å². The molecule has 0 aliphatic carbocycles. The molecule has 0 aliphatic rings. The Morgan fingerprint density at radius 1 is 1.38 bits per heavy atom. The average Bonchev–Trinajstić information content (AvgIpc) is 1.98. The average molecular weight is 199 g/mol. The van der Waals surface area contributed by atoms with Crippen molar-refractivity contribution in [3.63, 3.8) is 0 Å². The molecular weight excluding hydrogens is 183 g/mol. The number of methoxy groups -OCH3 is 1. The van der Waals surface area contributed by atoms with Crippen molar-refractivity contribution in [2.45, 2.75) is 26.1 Å². The van der Waals surface area contributed by atoms with Crippen molar-refractivity contribution in [2.24, 2.45) is 5.92 Å². The van der Waals surface area contributed by atoms with Gasteiger partial charge >= 0.3 is 6.18 Å². The highest BCUT2D eigenvalue weighted by Crippen LogP contribution is 2.25. The largest absolute Gasteiger partial charge is 0.404 e. The van der Waals surface area contributed by atoms with Gasteiger partial charge in [-0.05, 0) is 6.54 Å². The normalized spacial score (nSPS) is 17.1. The molecule has 0 radical (unpaired) electrons.